The van der Waals surface area contributed by atoms with Gasteiger partial charge in [0.2, 0.25) is 0 Å². The smallest absolute Gasteiger partial charge is 0.140 e. The molecule has 2 aromatic heterocycles. The van der Waals surface area contributed by atoms with Crippen molar-refractivity contribution in [2.75, 3.05) is 5.32 Å². The molecule has 20 heavy (non-hydrogen) atoms. The van der Waals surface area contributed by atoms with Crippen molar-refractivity contribution in [2.45, 2.75) is 12.8 Å². The monoisotopic (exact) mass is 280 g/mol. The number of rotatable bonds is 1. The first kappa shape index (κ1) is 11.5. The average Bonchev–Trinajstić information content (AvgIpc) is 3.00. The van der Waals surface area contributed by atoms with Crippen molar-refractivity contribution < 1.29 is 0 Å². The Morgan fingerprint density at radius 3 is 3.00 bits per heavy atom. The van der Waals surface area contributed by atoms with Crippen LogP contribution in [0.4, 0.5) is 5.69 Å². The summed E-state index contributed by atoms with van der Waals surface area (Å²) in [5.74, 6) is 1.09. The fourth-order valence-corrected chi connectivity index (χ4v) is 2.80. The number of nitrogens with one attached hydrogen (secondary N) is 2. The highest BCUT2D eigenvalue weighted by molar-refractivity contribution is 7.80. The summed E-state index contributed by atoms with van der Waals surface area (Å²) in [6.45, 7) is 2.11. The number of hydrogen-bond acceptors (Lipinski definition) is 3. The molecule has 3 aromatic rings. The number of nitrogens with zero attached hydrogens (tertiary/aromatic N) is 2. The molecular formula is C15H12N4S. The number of thiocarbonyl (C=S) groups is 1. The number of hydrogen-bond donors (Lipinski definition) is 2. The average molecular weight is 280 g/mol. The second-order valence-electron chi connectivity index (χ2n) is 4.99. The maximum atomic E-state index is 5.31. The Hall–Kier alpha value is -2.27. The summed E-state index contributed by atoms with van der Waals surface area (Å²) in [5.41, 5.74) is 5.25. The fraction of sp³-hybridized carbons (Fsp3) is 0.133. The minimum Gasteiger partial charge on any atom is -0.349 e. The quantitative estimate of drug-likeness (QED) is 0.670. The zero-order valence-corrected chi connectivity index (χ0v) is 11.7. The first-order valence-corrected chi connectivity index (χ1v) is 6.88. The number of aromatic nitrogens is 3. The Balaban J connectivity index is 1.88. The number of fused-ring (bicyclic) bond motifs is 2. The fourth-order valence-electron chi connectivity index (χ4n) is 2.56. The van der Waals surface area contributed by atoms with Crippen LogP contribution >= 0.6 is 12.2 Å². The molecule has 0 spiro atoms. The van der Waals surface area contributed by atoms with Crippen LogP contribution < -0.4 is 5.32 Å². The lowest BCUT2D eigenvalue weighted by molar-refractivity contribution is 1.07. The highest BCUT2D eigenvalue weighted by Crippen LogP contribution is 2.36. The van der Waals surface area contributed by atoms with Crippen LogP contribution in [-0.4, -0.2) is 19.9 Å². The van der Waals surface area contributed by atoms with E-state index in [1.165, 1.54) is 5.56 Å². The van der Waals surface area contributed by atoms with Gasteiger partial charge in [0.25, 0.3) is 0 Å². The molecule has 4 nitrogen and oxygen atoms in total. The molecule has 3 heterocycles. The Labute approximate surface area is 121 Å². The third-order valence-electron chi connectivity index (χ3n) is 3.71. The maximum absolute atomic E-state index is 5.31. The van der Waals surface area contributed by atoms with E-state index in [9.17, 15) is 0 Å². The van der Waals surface area contributed by atoms with Crippen molar-refractivity contribution in [1.29, 1.82) is 0 Å². The molecule has 1 unspecified atom stereocenters. The number of imidazole rings is 1. The summed E-state index contributed by atoms with van der Waals surface area (Å²) in [5, 5.41) is 3.26. The Bertz CT molecular complexity index is 823. The van der Waals surface area contributed by atoms with Crippen LogP contribution in [0, 0.1) is 0 Å². The van der Waals surface area contributed by atoms with Gasteiger partial charge in [-0.2, -0.15) is 0 Å². The van der Waals surface area contributed by atoms with Gasteiger partial charge in [0.15, 0.2) is 0 Å². The predicted octanol–water partition coefficient (Wildman–Crippen LogP) is 3.48. The number of aromatic amines is 1. The second-order valence-corrected chi connectivity index (χ2v) is 5.43. The van der Waals surface area contributed by atoms with Crippen LogP contribution in [-0.2, 0) is 0 Å². The van der Waals surface area contributed by atoms with Crippen LogP contribution in [0.15, 0.2) is 36.7 Å². The lowest BCUT2D eigenvalue weighted by Crippen LogP contribution is -2.05. The molecule has 1 aliphatic heterocycles. The topological polar surface area (TPSA) is 53.6 Å². The molecule has 5 heteroatoms. The van der Waals surface area contributed by atoms with Gasteiger partial charge in [-0.15, -0.1) is 0 Å². The lowest BCUT2D eigenvalue weighted by atomic mass is 10.0. The van der Waals surface area contributed by atoms with E-state index in [2.05, 4.69) is 39.3 Å². The van der Waals surface area contributed by atoms with E-state index in [4.69, 9.17) is 12.2 Å². The van der Waals surface area contributed by atoms with Gasteiger partial charge in [-0.3, -0.25) is 4.98 Å². The van der Waals surface area contributed by atoms with Gasteiger partial charge >= 0.3 is 0 Å². The molecule has 0 amide bonds. The third kappa shape index (κ3) is 1.63. The molecule has 1 aromatic carbocycles. The zero-order valence-electron chi connectivity index (χ0n) is 10.8. The zero-order chi connectivity index (χ0) is 13.7. The highest BCUT2D eigenvalue weighted by atomic mass is 32.1. The summed E-state index contributed by atoms with van der Waals surface area (Å²) in [6, 6.07) is 8.09. The number of H-pyrrole nitrogens is 1. The SMILES string of the molecule is CC1C(=S)Nc2cc3[nH]c(-c4cccnc4)nc3cc21. The van der Waals surface area contributed by atoms with E-state index < -0.39 is 0 Å². The van der Waals surface area contributed by atoms with Crippen molar-refractivity contribution in [1.82, 2.24) is 15.0 Å². The van der Waals surface area contributed by atoms with Crippen LogP contribution in [0.2, 0.25) is 0 Å². The molecule has 0 saturated heterocycles. The number of benzene rings is 1. The first-order valence-electron chi connectivity index (χ1n) is 6.47. The van der Waals surface area contributed by atoms with Crippen molar-refractivity contribution >= 4 is 33.9 Å². The van der Waals surface area contributed by atoms with E-state index in [1.54, 1.807) is 12.4 Å². The van der Waals surface area contributed by atoms with Crippen LogP contribution in [0.25, 0.3) is 22.4 Å². The van der Waals surface area contributed by atoms with E-state index >= 15 is 0 Å². The minimum absolute atomic E-state index is 0.253. The summed E-state index contributed by atoms with van der Waals surface area (Å²) < 4.78 is 0. The molecule has 2 N–H and O–H groups in total. The predicted molar refractivity (Wildman–Crippen MR) is 84.0 cm³/mol. The van der Waals surface area contributed by atoms with Crippen molar-refractivity contribution in [3.63, 3.8) is 0 Å². The van der Waals surface area contributed by atoms with E-state index in [0.717, 1.165) is 33.1 Å². The van der Waals surface area contributed by atoms with Crippen molar-refractivity contribution in [3.05, 3.63) is 42.2 Å². The molecule has 98 valence electrons. The van der Waals surface area contributed by atoms with E-state index in [0.29, 0.717) is 0 Å². The third-order valence-corrected chi connectivity index (χ3v) is 4.16. The Kier molecular flexibility index (Phi) is 2.37. The summed E-state index contributed by atoms with van der Waals surface area (Å²) >= 11 is 5.31. The van der Waals surface area contributed by atoms with Gasteiger partial charge in [-0.25, -0.2) is 4.98 Å². The molecular weight excluding hydrogens is 268 g/mol. The molecule has 0 fully saturated rings. The van der Waals surface area contributed by atoms with Crippen LogP contribution in [0.5, 0.6) is 0 Å². The standard InChI is InChI=1S/C15H12N4S/c1-8-10-5-12-13(6-11(10)19-15(8)20)18-14(17-12)9-3-2-4-16-7-9/h2-8H,1H3,(H,17,18)(H,19,20). The normalized spacial score (nSPS) is 17.2. The molecule has 0 bridgehead atoms. The molecule has 1 atom stereocenters. The minimum atomic E-state index is 0.253. The van der Waals surface area contributed by atoms with Gasteiger partial charge in [0, 0.05) is 29.6 Å². The van der Waals surface area contributed by atoms with Gasteiger partial charge < -0.3 is 10.3 Å². The maximum Gasteiger partial charge on any atom is 0.140 e. The summed E-state index contributed by atoms with van der Waals surface area (Å²) in [4.78, 5) is 13.0. The lowest BCUT2D eigenvalue weighted by Gasteiger charge is -2.00. The molecule has 0 radical (unpaired) electrons. The van der Waals surface area contributed by atoms with Crippen molar-refractivity contribution in [3.8, 4) is 11.4 Å². The van der Waals surface area contributed by atoms with Gasteiger partial charge in [-0.05, 0) is 29.8 Å². The largest absolute Gasteiger partial charge is 0.349 e. The second kappa shape index (κ2) is 4.11. The van der Waals surface area contributed by atoms with E-state index in [-0.39, 0.29) is 5.92 Å². The molecule has 0 saturated carbocycles. The van der Waals surface area contributed by atoms with Crippen LogP contribution in [0.3, 0.4) is 0 Å². The number of pyridine rings is 1. The molecule has 1 aliphatic rings. The first-order chi connectivity index (χ1) is 9.72. The molecule has 4 rings (SSSR count). The molecule has 0 aliphatic carbocycles. The van der Waals surface area contributed by atoms with Crippen LogP contribution in [0.1, 0.15) is 18.4 Å². The van der Waals surface area contributed by atoms with Gasteiger partial charge in [-0.1, -0.05) is 19.1 Å². The van der Waals surface area contributed by atoms with Crippen molar-refractivity contribution in [2.24, 2.45) is 0 Å². The highest BCUT2D eigenvalue weighted by Gasteiger charge is 2.24. The summed E-state index contributed by atoms with van der Waals surface area (Å²) in [6.07, 6.45) is 3.56. The van der Waals surface area contributed by atoms with E-state index in [1.807, 2.05) is 12.1 Å². The van der Waals surface area contributed by atoms with Gasteiger partial charge in [0.1, 0.15) is 5.82 Å². The van der Waals surface area contributed by atoms with Gasteiger partial charge in [0.05, 0.1) is 16.0 Å². The Morgan fingerprint density at radius 1 is 1.30 bits per heavy atom. The Morgan fingerprint density at radius 2 is 2.20 bits per heavy atom. The number of anilines is 1. The summed E-state index contributed by atoms with van der Waals surface area (Å²) in [7, 11) is 0.